The van der Waals surface area contributed by atoms with Crippen LogP contribution in [0.4, 0.5) is 0 Å². The molecule has 0 aliphatic heterocycles. The van der Waals surface area contributed by atoms with Crippen molar-refractivity contribution in [2.45, 2.75) is 6.04 Å². The van der Waals surface area contributed by atoms with Gasteiger partial charge in [0.25, 0.3) is 0 Å². The standard InChI is InChI=1S/C12H15NO3/c1-15-9-11(12(14)16-2)13-8-10-6-4-3-5-7-10/h3-8,11H,9H2,1-2H3/b13-8+. The average molecular weight is 221 g/mol. The van der Waals surface area contributed by atoms with Gasteiger partial charge in [0, 0.05) is 13.3 Å². The van der Waals surface area contributed by atoms with Crippen molar-refractivity contribution in [3.05, 3.63) is 35.9 Å². The zero-order valence-corrected chi connectivity index (χ0v) is 9.42. The summed E-state index contributed by atoms with van der Waals surface area (Å²) in [5.74, 6) is -0.394. The Kier molecular flexibility index (Phi) is 5.22. The van der Waals surface area contributed by atoms with Crippen LogP contribution in [0.1, 0.15) is 5.56 Å². The third-order valence-corrected chi connectivity index (χ3v) is 2.00. The molecule has 16 heavy (non-hydrogen) atoms. The topological polar surface area (TPSA) is 47.9 Å². The molecule has 1 rings (SSSR count). The monoisotopic (exact) mass is 221 g/mol. The number of rotatable bonds is 5. The van der Waals surface area contributed by atoms with Crippen molar-refractivity contribution < 1.29 is 14.3 Å². The zero-order valence-electron chi connectivity index (χ0n) is 9.42. The molecule has 0 N–H and O–H groups in total. The predicted octanol–water partition coefficient (Wildman–Crippen LogP) is 1.29. The van der Waals surface area contributed by atoms with Crippen molar-refractivity contribution in [1.29, 1.82) is 0 Å². The van der Waals surface area contributed by atoms with Gasteiger partial charge in [-0.3, -0.25) is 4.99 Å². The summed E-state index contributed by atoms with van der Waals surface area (Å²) in [6.07, 6.45) is 1.64. The van der Waals surface area contributed by atoms with E-state index in [1.807, 2.05) is 30.3 Å². The highest BCUT2D eigenvalue weighted by atomic mass is 16.5. The van der Waals surface area contributed by atoms with E-state index in [0.29, 0.717) is 0 Å². The Morgan fingerprint density at radius 3 is 2.62 bits per heavy atom. The summed E-state index contributed by atoms with van der Waals surface area (Å²) in [6.45, 7) is 0.218. The maximum Gasteiger partial charge on any atom is 0.333 e. The number of aliphatic imine (C=N–C) groups is 1. The first-order valence-electron chi connectivity index (χ1n) is 4.93. The van der Waals surface area contributed by atoms with E-state index in [-0.39, 0.29) is 6.61 Å². The van der Waals surface area contributed by atoms with Crippen LogP contribution in [0.5, 0.6) is 0 Å². The molecule has 0 aliphatic carbocycles. The first kappa shape index (κ1) is 12.4. The molecule has 0 radical (unpaired) electrons. The minimum absolute atomic E-state index is 0.218. The van der Waals surface area contributed by atoms with Crippen LogP contribution in [-0.4, -0.2) is 39.1 Å². The molecule has 1 atom stereocenters. The molecule has 0 saturated heterocycles. The summed E-state index contributed by atoms with van der Waals surface area (Å²) in [7, 11) is 2.86. The number of ether oxygens (including phenoxy) is 2. The number of esters is 1. The minimum Gasteiger partial charge on any atom is -0.467 e. The SMILES string of the molecule is COCC(/N=C/c1ccccc1)C(=O)OC. The molecular formula is C12H15NO3. The summed E-state index contributed by atoms with van der Waals surface area (Å²) in [5.41, 5.74) is 0.938. The first-order chi connectivity index (χ1) is 7.77. The number of hydrogen-bond donors (Lipinski definition) is 0. The molecule has 0 aromatic heterocycles. The van der Waals surface area contributed by atoms with E-state index in [1.165, 1.54) is 14.2 Å². The number of methoxy groups -OCH3 is 2. The van der Waals surface area contributed by atoms with Crippen LogP contribution < -0.4 is 0 Å². The number of benzene rings is 1. The highest BCUT2D eigenvalue weighted by molar-refractivity contribution is 5.84. The highest BCUT2D eigenvalue weighted by Gasteiger charge is 2.16. The fraction of sp³-hybridized carbons (Fsp3) is 0.333. The summed E-state index contributed by atoms with van der Waals surface area (Å²) < 4.78 is 9.52. The van der Waals surface area contributed by atoms with Crippen LogP contribution in [0, 0.1) is 0 Å². The molecule has 1 aromatic rings. The third kappa shape index (κ3) is 3.82. The predicted molar refractivity (Wildman–Crippen MR) is 61.7 cm³/mol. The van der Waals surface area contributed by atoms with Crippen LogP contribution in [-0.2, 0) is 14.3 Å². The molecule has 0 bridgehead atoms. The van der Waals surface area contributed by atoms with Gasteiger partial charge in [-0.25, -0.2) is 4.79 Å². The molecule has 0 aliphatic rings. The van der Waals surface area contributed by atoms with Crippen molar-refractivity contribution in [2.75, 3.05) is 20.8 Å². The van der Waals surface area contributed by atoms with E-state index >= 15 is 0 Å². The molecule has 1 unspecified atom stereocenters. The first-order valence-corrected chi connectivity index (χ1v) is 4.93. The molecule has 0 amide bonds. The van der Waals surface area contributed by atoms with E-state index in [9.17, 15) is 4.79 Å². The maximum atomic E-state index is 11.3. The molecule has 0 fully saturated rings. The number of carbonyl (C=O) groups excluding carboxylic acids is 1. The molecule has 0 saturated carbocycles. The van der Waals surface area contributed by atoms with Crippen molar-refractivity contribution in [3.63, 3.8) is 0 Å². The second-order valence-corrected chi connectivity index (χ2v) is 3.18. The lowest BCUT2D eigenvalue weighted by Crippen LogP contribution is -2.25. The fourth-order valence-electron chi connectivity index (χ4n) is 1.18. The molecular weight excluding hydrogens is 206 g/mol. The van der Waals surface area contributed by atoms with Crippen molar-refractivity contribution in [2.24, 2.45) is 4.99 Å². The van der Waals surface area contributed by atoms with Crippen molar-refractivity contribution >= 4 is 12.2 Å². The van der Waals surface area contributed by atoms with Gasteiger partial charge >= 0.3 is 5.97 Å². The quantitative estimate of drug-likeness (QED) is 0.556. The van der Waals surface area contributed by atoms with E-state index in [1.54, 1.807) is 6.21 Å². The lowest BCUT2D eigenvalue weighted by atomic mass is 10.2. The van der Waals surface area contributed by atoms with Crippen LogP contribution >= 0.6 is 0 Å². The highest BCUT2D eigenvalue weighted by Crippen LogP contribution is 1.99. The second kappa shape index (κ2) is 6.74. The van der Waals surface area contributed by atoms with Gasteiger partial charge in [0.15, 0.2) is 6.04 Å². The summed E-state index contributed by atoms with van der Waals surface area (Å²) in [6, 6.07) is 8.95. The molecule has 1 aromatic carbocycles. The smallest absolute Gasteiger partial charge is 0.333 e. The van der Waals surface area contributed by atoms with E-state index < -0.39 is 12.0 Å². The Bertz CT molecular complexity index is 349. The van der Waals surface area contributed by atoms with Crippen molar-refractivity contribution in [3.8, 4) is 0 Å². The average Bonchev–Trinajstić information content (AvgIpc) is 2.34. The van der Waals surface area contributed by atoms with Gasteiger partial charge < -0.3 is 9.47 Å². The van der Waals surface area contributed by atoms with Crippen LogP contribution in [0.25, 0.3) is 0 Å². The Morgan fingerprint density at radius 1 is 1.38 bits per heavy atom. The lowest BCUT2D eigenvalue weighted by molar-refractivity contribution is -0.143. The molecule has 0 spiro atoms. The van der Waals surface area contributed by atoms with E-state index in [2.05, 4.69) is 9.73 Å². The minimum atomic E-state index is -0.602. The fourth-order valence-corrected chi connectivity index (χ4v) is 1.18. The van der Waals surface area contributed by atoms with Gasteiger partial charge in [0.05, 0.1) is 13.7 Å². The third-order valence-electron chi connectivity index (χ3n) is 2.00. The number of hydrogen-bond acceptors (Lipinski definition) is 4. The van der Waals surface area contributed by atoms with Gasteiger partial charge in [-0.2, -0.15) is 0 Å². The Hall–Kier alpha value is -1.68. The van der Waals surface area contributed by atoms with Gasteiger partial charge in [-0.1, -0.05) is 30.3 Å². The van der Waals surface area contributed by atoms with Crippen LogP contribution in [0.15, 0.2) is 35.3 Å². The second-order valence-electron chi connectivity index (χ2n) is 3.18. The van der Waals surface area contributed by atoms with Gasteiger partial charge in [-0.05, 0) is 5.56 Å². The molecule has 86 valence electrons. The normalized spacial score (nSPS) is 12.6. The Labute approximate surface area is 94.9 Å². The Balaban J connectivity index is 2.68. The number of nitrogens with zero attached hydrogens (tertiary/aromatic N) is 1. The largest absolute Gasteiger partial charge is 0.467 e. The van der Waals surface area contributed by atoms with Gasteiger partial charge in [0.2, 0.25) is 0 Å². The van der Waals surface area contributed by atoms with Gasteiger partial charge in [-0.15, -0.1) is 0 Å². The summed E-state index contributed by atoms with van der Waals surface area (Å²) >= 11 is 0. The molecule has 0 heterocycles. The van der Waals surface area contributed by atoms with E-state index in [0.717, 1.165) is 5.56 Å². The molecule has 4 heteroatoms. The van der Waals surface area contributed by atoms with E-state index in [4.69, 9.17) is 4.74 Å². The number of carbonyl (C=O) groups is 1. The summed E-state index contributed by atoms with van der Waals surface area (Å²) in [4.78, 5) is 15.4. The van der Waals surface area contributed by atoms with Crippen LogP contribution in [0.3, 0.4) is 0 Å². The Morgan fingerprint density at radius 2 is 2.06 bits per heavy atom. The maximum absolute atomic E-state index is 11.3. The van der Waals surface area contributed by atoms with Gasteiger partial charge in [0.1, 0.15) is 0 Å². The zero-order chi connectivity index (χ0) is 11.8. The van der Waals surface area contributed by atoms with Crippen LogP contribution in [0.2, 0.25) is 0 Å². The molecule has 4 nitrogen and oxygen atoms in total. The van der Waals surface area contributed by atoms with Crippen molar-refractivity contribution in [1.82, 2.24) is 0 Å². The summed E-state index contributed by atoms with van der Waals surface area (Å²) in [5, 5.41) is 0. The lowest BCUT2D eigenvalue weighted by Gasteiger charge is -2.08.